The molecule has 0 saturated heterocycles. The van der Waals surface area contributed by atoms with Crippen molar-refractivity contribution in [2.75, 3.05) is 11.9 Å². The molecule has 0 bridgehead atoms. The van der Waals surface area contributed by atoms with Crippen LogP contribution in [0.1, 0.15) is 44.1 Å². The summed E-state index contributed by atoms with van der Waals surface area (Å²) in [6.45, 7) is 0.818. The Bertz CT molecular complexity index is 833. The Kier molecular flexibility index (Phi) is 8.21. The topological polar surface area (TPSA) is 98.7 Å². The van der Waals surface area contributed by atoms with Crippen LogP contribution >= 0.6 is 31.9 Å². The van der Waals surface area contributed by atoms with Crippen molar-refractivity contribution in [3.63, 3.8) is 0 Å². The number of rotatable bonds is 8. The Morgan fingerprint density at radius 1 is 1.10 bits per heavy atom. The molecule has 9 heteroatoms. The molecule has 1 aliphatic heterocycles. The van der Waals surface area contributed by atoms with Gasteiger partial charge in [0.1, 0.15) is 0 Å². The fourth-order valence-corrected chi connectivity index (χ4v) is 5.10. The molecule has 1 heterocycles. The molecule has 7 nitrogen and oxygen atoms in total. The first-order valence-electron chi connectivity index (χ1n) is 10.1. The van der Waals surface area contributed by atoms with Crippen LogP contribution in [0.4, 0.5) is 5.69 Å². The van der Waals surface area contributed by atoms with Gasteiger partial charge < -0.3 is 15.7 Å². The van der Waals surface area contributed by atoms with Crippen LogP contribution in [-0.4, -0.2) is 46.4 Å². The molecule has 1 saturated carbocycles. The lowest BCUT2D eigenvalue weighted by Crippen LogP contribution is -2.34. The number of hydrogen-bond donors (Lipinski definition) is 3. The minimum Gasteiger partial charge on any atom is -0.393 e. The fourth-order valence-electron chi connectivity index (χ4n) is 3.69. The number of carbonyl (C=O) groups is 3. The number of benzene rings is 1. The van der Waals surface area contributed by atoms with E-state index in [0.717, 1.165) is 45.1 Å². The second kappa shape index (κ2) is 10.7. The number of halogens is 2. The number of hydrogen-bond acceptors (Lipinski definition) is 5. The van der Waals surface area contributed by atoms with Gasteiger partial charge in [-0.15, -0.1) is 0 Å². The summed E-state index contributed by atoms with van der Waals surface area (Å²) in [6, 6.07) is 4.19. The molecule has 1 fully saturated rings. The molecule has 162 valence electrons. The van der Waals surface area contributed by atoms with E-state index in [4.69, 9.17) is 0 Å². The largest absolute Gasteiger partial charge is 0.393 e. The lowest BCUT2D eigenvalue weighted by molar-refractivity contribution is -0.137. The standard InChI is InChI=1S/C21H25Br2N3O4/c22-14-10-13(12-24-15-3-5-16(27)6-4-15)21(17(23)11-14)25-18(28)2-1-9-26-19(29)7-8-20(26)30/h7-8,10-11,15-16,24,27H,1-6,9,12H2,(H,25,28)/t15-,16-. The zero-order chi connectivity index (χ0) is 21.7. The van der Waals surface area contributed by atoms with E-state index in [0.29, 0.717) is 24.7 Å². The normalized spacial score (nSPS) is 21.4. The molecule has 1 aromatic carbocycles. The zero-order valence-electron chi connectivity index (χ0n) is 16.5. The first kappa shape index (κ1) is 23.1. The molecular formula is C21H25Br2N3O4. The molecule has 0 atom stereocenters. The van der Waals surface area contributed by atoms with E-state index in [2.05, 4.69) is 42.5 Å². The van der Waals surface area contributed by atoms with Gasteiger partial charge in [-0.05, 0) is 65.7 Å². The Balaban J connectivity index is 1.55. The van der Waals surface area contributed by atoms with Crippen molar-refractivity contribution in [3.05, 3.63) is 38.8 Å². The molecule has 3 rings (SSSR count). The minimum absolute atomic E-state index is 0.174. The molecule has 30 heavy (non-hydrogen) atoms. The first-order valence-corrected chi connectivity index (χ1v) is 11.6. The summed E-state index contributed by atoms with van der Waals surface area (Å²) in [7, 11) is 0. The number of imide groups is 1. The van der Waals surface area contributed by atoms with E-state index in [1.807, 2.05) is 12.1 Å². The van der Waals surface area contributed by atoms with Crippen molar-refractivity contribution in [1.29, 1.82) is 0 Å². The van der Waals surface area contributed by atoms with Crippen LogP contribution in [0.5, 0.6) is 0 Å². The number of aliphatic hydroxyl groups excluding tert-OH is 1. The van der Waals surface area contributed by atoms with Crippen LogP contribution in [0.3, 0.4) is 0 Å². The molecule has 0 radical (unpaired) electrons. The lowest BCUT2D eigenvalue weighted by Gasteiger charge is -2.27. The van der Waals surface area contributed by atoms with Crippen molar-refractivity contribution in [1.82, 2.24) is 10.2 Å². The SMILES string of the molecule is O=C(CCCN1C(=O)C=CC1=O)Nc1c(Br)cc(Br)cc1CN[C@H]1CC[C@H](O)CC1. The Morgan fingerprint density at radius 2 is 1.77 bits per heavy atom. The number of nitrogens with one attached hydrogen (secondary N) is 2. The van der Waals surface area contributed by atoms with Crippen LogP contribution in [-0.2, 0) is 20.9 Å². The number of aliphatic hydroxyl groups is 1. The quantitative estimate of drug-likeness (QED) is 0.438. The van der Waals surface area contributed by atoms with Crippen molar-refractivity contribution in [3.8, 4) is 0 Å². The monoisotopic (exact) mass is 541 g/mol. The summed E-state index contributed by atoms with van der Waals surface area (Å²) in [5.41, 5.74) is 1.66. The highest BCUT2D eigenvalue weighted by Gasteiger charge is 2.23. The van der Waals surface area contributed by atoms with Crippen LogP contribution in [0, 0.1) is 0 Å². The third kappa shape index (κ3) is 6.23. The van der Waals surface area contributed by atoms with Crippen molar-refractivity contribution >= 4 is 55.3 Å². The van der Waals surface area contributed by atoms with Crippen LogP contribution < -0.4 is 10.6 Å². The van der Waals surface area contributed by atoms with Gasteiger partial charge >= 0.3 is 0 Å². The molecule has 0 spiro atoms. The first-order chi connectivity index (χ1) is 14.3. The molecule has 0 unspecified atom stereocenters. The molecule has 1 aliphatic carbocycles. The third-order valence-corrected chi connectivity index (χ3v) is 6.45. The maximum absolute atomic E-state index is 12.5. The summed E-state index contributed by atoms with van der Waals surface area (Å²) in [5.74, 6) is -0.841. The number of nitrogens with zero attached hydrogens (tertiary/aromatic N) is 1. The summed E-state index contributed by atoms with van der Waals surface area (Å²) < 4.78 is 1.68. The van der Waals surface area contributed by atoms with Gasteiger partial charge in [-0.2, -0.15) is 0 Å². The average Bonchev–Trinajstić information content (AvgIpc) is 3.02. The number of carbonyl (C=O) groups excluding carboxylic acids is 3. The summed E-state index contributed by atoms with van der Waals surface area (Å²) >= 11 is 7.03. The van der Waals surface area contributed by atoms with Gasteiger partial charge in [0, 0.05) is 46.6 Å². The minimum atomic E-state index is -0.334. The highest BCUT2D eigenvalue weighted by Crippen LogP contribution is 2.31. The molecule has 3 amide bonds. The van der Waals surface area contributed by atoms with Crippen LogP contribution in [0.2, 0.25) is 0 Å². The molecular weight excluding hydrogens is 518 g/mol. The van der Waals surface area contributed by atoms with Crippen molar-refractivity contribution in [2.45, 2.75) is 57.2 Å². The molecule has 2 aliphatic rings. The van der Waals surface area contributed by atoms with Gasteiger partial charge in [-0.1, -0.05) is 15.9 Å². The Morgan fingerprint density at radius 3 is 2.43 bits per heavy atom. The molecule has 1 aromatic rings. The second-order valence-electron chi connectivity index (χ2n) is 7.62. The molecule has 0 aromatic heterocycles. The summed E-state index contributed by atoms with van der Waals surface area (Å²) in [6.07, 6.45) is 6.37. The van der Waals surface area contributed by atoms with E-state index < -0.39 is 0 Å². The van der Waals surface area contributed by atoms with E-state index in [1.165, 1.54) is 12.2 Å². The highest BCUT2D eigenvalue weighted by atomic mass is 79.9. The van der Waals surface area contributed by atoms with Crippen LogP contribution in [0.25, 0.3) is 0 Å². The van der Waals surface area contributed by atoms with Crippen LogP contribution in [0.15, 0.2) is 33.2 Å². The maximum atomic E-state index is 12.5. The van der Waals surface area contributed by atoms with E-state index in [-0.39, 0.29) is 36.8 Å². The number of anilines is 1. The van der Waals surface area contributed by atoms with E-state index in [9.17, 15) is 19.5 Å². The fraction of sp³-hybridized carbons (Fsp3) is 0.476. The maximum Gasteiger partial charge on any atom is 0.253 e. The Hall–Kier alpha value is -1.55. The predicted molar refractivity (Wildman–Crippen MR) is 121 cm³/mol. The van der Waals surface area contributed by atoms with Gasteiger partial charge in [0.15, 0.2) is 0 Å². The van der Waals surface area contributed by atoms with E-state index >= 15 is 0 Å². The van der Waals surface area contributed by atoms with Crippen molar-refractivity contribution < 1.29 is 19.5 Å². The molecule has 3 N–H and O–H groups in total. The van der Waals surface area contributed by atoms with Gasteiger partial charge in [0.05, 0.1) is 11.8 Å². The summed E-state index contributed by atoms with van der Waals surface area (Å²) in [5, 5.41) is 16.1. The highest BCUT2D eigenvalue weighted by molar-refractivity contribution is 9.11. The lowest BCUT2D eigenvalue weighted by atomic mass is 9.93. The smallest absolute Gasteiger partial charge is 0.253 e. The van der Waals surface area contributed by atoms with Gasteiger partial charge in [0.25, 0.3) is 11.8 Å². The van der Waals surface area contributed by atoms with Gasteiger partial charge in [-0.25, -0.2) is 0 Å². The van der Waals surface area contributed by atoms with Gasteiger partial charge in [-0.3, -0.25) is 19.3 Å². The summed E-state index contributed by atoms with van der Waals surface area (Å²) in [4.78, 5) is 36.8. The number of amides is 3. The van der Waals surface area contributed by atoms with Gasteiger partial charge in [0.2, 0.25) is 5.91 Å². The average molecular weight is 543 g/mol. The van der Waals surface area contributed by atoms with Crippen molar-refractivity contribution in [2.24, 2.45) is 0 Å². The Labute approximate surface area is 192 Å². The van der Waals surface area contributed by atoms with E-state index in [1.54, 1.807) is 0 Å². The second-order valence-corrected chi connectivity index (χ2v) is 9.39. The predicted octanol–water partition coefficient (Wildman–Crippen LogP) is 3.25. The zero-order valence-corrected chi connectivity index (χ0v) is 19.7. The third-order valence-electron chi connectivity index (χ3n) is 5.37.